The van der Waals surface area contributed by atoms with E-state index < -0.39 is 6.03 Å². The van der Waals surface area contributed by atoms with Gasteiger partial charge in [0.1, 0.15) is 23.1 Å². The molecule has 3 heterocycles. The van der Waals surface area contributed by atoms with E-state index in [-0.39, 0.29) is 11.2 Å². The summed E-state index contributed by atoms with van der Waals surface area (Å²) in [6.45, 7) is 6.20. The van der Waals surface area contributed by atoms with Crippen LogP contribution in [0.4, 0.5) is 16.3 Å². The van der Waals surface area contributed by atoms with E-state index in [0.29, 0.717) is 35.8 Å². The zero-order valence-corrected chi connectivity index (χ0v) is 20.3. The summed E-state index contributed by atoms with van der Waals surface area (Å²) < 4.78 is 7.68. The fourth-order valence-corrected chi connectivity index (χ4v) is 3.93. The lowest BCUT2D eigenvalue weighted by atomic mass is 9.92. The quantitative estimate of drug-likeness (QED) is 0.411. The number of fused-ring (bicyclic) bond motifs is 1. The Hall–Kier alpha value is -4.53. The Labute approximate surface area is 208 Å². The molecule has 1 aliphatic carbocycles. The van der Waals surface area contributed by atoms with Crippen molar-refractivity contribution in [1.29, 1.82) is 0 Å². The fourth-order valence-electron chi connectivity index (χ4n) is 3.93. The van der Waals surface area contributed by atoms with Gasteiger partial charge in [-0.1, -0.05) is 20.8 Å². The molecule has 9 heteroatoms. The third-order valence-corrected chi connectivity index (χ3v) is 5.81. The summed E-state index contributed by atoms with van der Waals surface area (Å²) in [4.78, 5) is 32.9. The number of ketones is 1. The number of carbonyl (C=O) groups excluding carboxylic acids is 2. The zero-order chi connectivity index (χ0) is 25.3. The van der Waals surface area contributed by atoms with Gasteiger partial charge in [0.2, 0.25) is 0 Å². The molecule has 5 rings (SSSR count). The van der Waals surface area contributed by atoms with Crippen molar-refractivity contribution in [3.63, 3.8) is 0 Å². The van der Waals surface area contributed by atoms with Crippen LogP contribution >= 0.6 is 0 Å². The minimum atomic E-state index is -0.398. The monoisotopic (exact) mass is 482 g/mol. The highest BCUT2D eigenvalue weighted by Gasteiger charge is 2.24. The molecule has 1 aromatic carbocycles. The van der Waals surface area contributed by atoms with E-state index in [1.165, 1.54) is 0 Å². The molecular formula is C27H26N6O3. The highest BCUT2D eigenvalue weighted by atomic mass is 16.5. The van der Waals surface area contributed by atoms with E-state index in [0.717, 1.165) is 22.6 Å². The highest BCUT2D eigenvalue weighted by Crippen LogP contribution is 2.31. The summed E-state index contributed by atoms with van der Waals surface area (Å²) in [5.41, 5.74) is 3.66. The SMILES string of the molecule is CC(C)(C)c1cc(NC(=O)Nc2ccc(Oc3ccnc4c3CC(=O)C4)cc2)n(-c2ccncc2)n1. The molecule has 9 nitrogen and oxygen atoms in total. The van der Waals surface area contributed by atoms with E-state index in [1.807, 2.05) is 18.2 Å². The maximum Gasteiger partial charge on any atom is 0.324 e. The van der Waals surface area contributed by atoms with Crippen molar-refractivity contribution in [3.8, 4) is 17.2 Å². The van der Waals surface area contributed by atoms with Crippen LogP contribution in [0.25, 0.3) is 5.69 Å². The van der Waals surface area contributed by atoms with Crippen LogP contribution in [0.15, 0.2) is 67.1 Å². The first kappa shape index (κ1) is 23.2. The van der Waals surface area contributed by atoms with Gasteiger partial charge in [-0.25, -0.2) is 9.48 Å². The summed E-state index contributed by atoms with van der Waals surface area (Å²) in [5.74, 6) is 1.91. The number of carbonyl (C=O) groups is 2. The molecule has 0 unspecified atom stereocenters. The second-order valence-electron chi connectivity index (χ2n) is 9.61. The summed E-state index contributed by atoms with van der Waals surface area (Å²) in [7, 11) is 0. The van der Waals surface area contributed by atoms with E-state index in [1.54, 1.807) is 53.6 Å². The Morgan fingerprint density at radius 2 is 1.72 bits per heavy atom. The van der Waals surface area contributed by atoms with E-state index >= 15 is 0 Å². The van der Waals surface area contributed by atoms with Crippen molar-refractivity contribution in [2.45, 2.75) is 39.0 Å². The first-order valence-electron chi connectivity index (χ1n) is 11.6. The number of ether oxygens (including phenoxy) is 1. The molecule has 0 radical (unpaired) electrons. The standard InChI is InChI=1S/C27H26N6O3/c1-27(2,3)24-16-25(33(32-24)18-8-11-28-12-9-18)31-26(35)30-17-4-6-20(7-5-17)36-23-10-13-29-22-15-19(34)14-21(22)23/h4-13,16H,14-15H2,1-3H3,(H2,30,31,35). The molecule has 0 atom stereocenters. The average Bonchev–Trinajstić information content (AvgIpc) is 3.44. The molecule has 0 bridgehead atoms. The van der Waals surface area contributed by atoms with Gasteiger partial charge in [-0.3, -0.25) is 20.1 Å². The fraction of sp³-hybridized carbons (Fsp3) is 0.222. The van der Waals surface area contributed by atoms with Gasteiger partial charge in [0, 0.05) is 54.2 Å². The van der Waals surface area contributed by atoms with E-state index in [4.69, 9.17) is 9.84 Å². The Morgan fingerprint density at radius 1 is 0.972 bits per heavy atom. The molecule has 0 saturated carbocycles. The Morgan fingerprint density at radius 3 is 2.44 bits per heavy atom. The predicted molar refractivity (Wildman–Crippen MR) is 136 cm³/mol. The minimum Gasteiger partial charge on any atom is -0.457 e. The number of Topliss-reactive ketones (excluding diaryl/α,β-unsaturated/α-hetero) is 1. The van der Waals surface area contributed by atoms with Crippen molar-refractivity contribution in [2.24, 2.45) is 0 Å². The van der Waals surface area contributed by atoms with Crippen LogP contribution in [0, 0.1) is 0 Å². The van der Waals surface area contributed by atoms with Gasteiger partial charge >= 0.3 is 6.03 Å². The largest absolute Gasteiger partial charge is 0.457 e. The summed E-state index contributed by atoms with van der Waals surface area (Å²) in [6.07, 6.45) is 5.70. The van der Waals surface area contributed by atoms with Crippen molar-refractivity contribution in [1.82, 2.24) is 19.7 Å². The number of nitrogens with one attached hydrogen (secondary N) is 2. The van der Waals surface area contributed by atoms with Gasteiger partial charge in [-0.15, -0.1) is 0 Å². The normalized spacial score (nSPS) is 12.8. The Bertz CT molecular complexity index is 1420. The number of hydrogen-bond donors (Lipinski definition) is 2. The van der Waals surface area contributed by atoms with Gasteiger partial charge in [-0.2, -0.15) is 5.10 Å². The highest BCUT2D eigenvalue weighted by molar-refractivity contribution is 5.99. The van der Waals surface area contributed by atoms with Gasteiger partial charge in [-0.05, 0) is 42.5 Å². The molecule has 0 aliphatic heterocycles. The van der Waals surface area contributed by atoms with E-state index in [9.17, 15) is 9.59 Å². The third-order valence-electron chi connectivity index (χ3n) is 5.81. The average molecular weight is 483 g/mol. The van der Waals surface area contributed by atoms with Crippen LogP contribution in [0.1, 0.15) is 37.7 Å². The molecule has 3 aromatic heterocycles. The van der Waals surface area contributed by atoms with Crippen LogP contribution in [-0.2, 0) is 23.1 Å². The summed E-state index contributed by atoms with van der Waals surface area (Å²) >= 11 is 0. The molecule has 182 valence electrons. The number of hydrogen-bond acceptors (Lipinski definition) is 6. The van der Waals surface area contributed by atoms with Crippen LogP contribution in [-0.4, -0.2) is 31.6 Å². The second kappa shape index (κ2) is 9.26. The first-order valence-corrected chi connectivity index (χ1v) is 11.6. The molecule has 1 aliphatic rings. The molecule has 2 amide bonds. The molecule has 4 aromatic rings. The number of benzene rings is 1. The maximum atomic E-state index is 12.8. The van der Waals surface area contributed by atoms with Crippen LogP contribution in [0.5, 0.6) is 11.5 Å². The number of pyridine rings is 2. The van der Waals surface area contributed by atoms with Crippen LogP contribution < -0.4 is 15.4 Å². The Balaban J connectivity index is 1.28. The maximum absolute atomic E-state index is 12.8. The number of amides is 2. The lowest BCUT2D eigenvalue weighted by Crippen LogP contribution is -2.21. The number of urea groups is 1. The Kier molecular flexibility index (Phi) is 5.97. The number of rotatable bonds is 5. The first-order chi connectivity index (χ1) is 17.3. The lowest BCUT2D eigenvalue weighted by Gasteiger charge is -2.14. The van der Waals surface area contributed by atoms with Crippen molar-refractivity contribution < 1.29 is 14.3 Å². The van der Waals surface area contributed by atoms with Crippen molar-refractivity contribution in [2.75, 3.05) is 10.6 Å². The molecule has 2 N–H and O–H groups in total. The number of nitrogens with zero attached hydrogens (tertiary/aromatic N) is 4. The molecule has 0 fully saturated rings. The minimum absolute atomic E-state index is 0.138. The van der Waals surface area contributed by atoms with Gasteiger partial charge in [0.25, 0.3) is 0 Å². The van der Waals surface area contributed by atoms with E-state index in [2.05, 4.69) is 41.4 Å². The molecule has 0 saturated heterocycles. The number of anilines is 2. The summed E-state index contributed by atoms with van der Waals surface area (Å²) in [6, 6.07) is 13.9. The van der Waals surface area contributed by atoms with Gasteiger partial charge < -0.3 is 10.1 Å². The topological polar surface area (TPSA) is 111 Å². The summed E-state index contributed by atoms with van der Waals surface area (Å²) in [5, 5.41) is 10.4. The smallest absolute Gasteiger partial charge is 0.324 e. The van der Waals surface area contributed by atoms with Crippen LogP contribution in [0.3, 0.4) is 0 Å². The predicted octanol–water partition coefficient (Wildman–Crippen LogP) is 5.06. The van der Waals surface area contributed by atoms with Gasteiger partial charge in [0.05, 0.1) is 17.1 Å². The van der Waals surface area contributed by atoms with Crippen molar-refractivity contribution in [3.05, 3.63) is 84.1 Å². The molecule has 36 heavy (non-hydrogen) atoms. The van der Waals surface area contributed by atoms with Crippen LogP contribution in [0.2, 0.25) is 0 Å². The number of aromatic nitrogens is 4. The van der Waals surface area contributed by atoms with Crippen molar-refractivity contribution >= 4 is 23.3 Å². The second-order valence-corrected chi connectivity index (χ2v) is 9.61. The molecule has 0 spiro atoms. The molecular weight excluding hydrogens is 456 g/mol. The lowest BCUT2D eigenvalue weighted by molar-refractivity contribution is -0.117. The van der Waals surface area contributed by atoms with Gasteiger partial charge in [0.15, 0.2) is 0 Å². The third kappa shape index (κ3) is 4.95. The zero-order valence-electron chi connectivity index (χ0n) is 20.3.